The third-order valence-electron chi connectivity index (χ3n) is 2.81. The molecule has 0 saturated carbocycles. The summed E-state index contributed by atoms with van der Waals surface area (Å²) in [6.45, 7) is 15.1. The minimum absolute atomic E-state index is 0.154. The van der Waals surface area contributed by atoms with Gasteiger partial charge < -0.3 is 4.12 Å². The lowest BCUT2D eigenvalue weighted by atomic mass is 9.93. The van der Waals surface area contributed by atoms with E-state index in [2.05, 4.69) is 38.5 Å². The predicted molar refractivity (Wildman–Crippen MR) is 73.8 cm³/mol. The van der Waals surface area contributed by atoms with E-state index in [1.807, 2.05) is 13.8 Å². The van der Waals surface area contributed by atoms with E-state index in [0.717, 1.165) is 6.42 Å². The zero-order valence-electron chi connectivity index (χ0n) is 11.6. The summed E-state index contributed by atoms with van der Waals surface area (Å²) in [7, 11) is -2.18. The third kappa shape index (κ3) is 5.75. The average Bonchev–Trinajstić information content (AvgIpc) is 1.99. The Bertz CT molecular complexity index is 271. The second-order valence-electron chi connectivity index (χ2n) is 6.01. The van der Waals surface area contributed by atoms with Crippen molar-refractivity contribution in [2.75, 3.05) is 0 Å². The summed E-state index contributed by atoms with van der Waals surface area (Å²) < 4.78 is 6.08. The van der Waals surface area contributed by atoms with Gasteiger partial charge in [-0.15, -0.1) is 0 Å². The van der Waals surface area contributed by atoms with E-state index in [0.29, 0.717) is 0 Å². The van der Waals surface area contributed by atoms with Gasteiger partial charge in [-0.3, -0.25) is 0 Å². The first-order valence-corrected chi connectivity index (χ1v) is 10.8. The Kier molecular flexibility index (Phi) is 5.83. The molecular weight excluding hydrogens is 234 g/mol. The highest BCUT2D eigenvalue weighted by molar-refractivity contribution is 6.65. The molecule has 3 nitrogen and oxygen atoms in total. The topological polar surface area (TPSA) is 38.7 Å². The molecule has 94 valence electrons. The Labute approximate surface area is 103 Å². The summed E-state index contributed by atoms with van der Waals surface area (Å²) in [4.78, 5) is 14.2. The van der Waals surface area contributed by atoms with E-state index in [1.54, 1.807) is 6.08 Å². The van der Waals surface area contributed by atoms with Crippen molar-refractivity contribution < 1.29 is 8.91 Å². The van der Waals surface area contributed by atoms with E-state index in [1.165, 1.54) is 0 Å². The van der Waals surface area contributed by atoms with Crippen molar-refractivity contribution in [3.8, 4) is 0 Å². The molecule has 5 heteroatoms. The minimum Gasteiger partial charge on any atom is -0.460 e. The van der Waals surface area contributed by atoms with Crippen LogP contribution in [0.15, 0.2) is 4.99 Å². The Balaban J connectivity index is 4.60. The highest BCUT2D eigenvalue weighted by Gasteiger charge is 2.35. The number of nitrogens with zero attached hydrogens (tertiary/aromatic N) is 1. The molecule has 0 aromatic carbocycles. The van der Waals surface area contributed by atoms with E-state index in [-0.39, 0.29) is 10.6 Å². The van der Waals surface area contributed by atoms with Crippen molar-refractivity contribution in [1.82, 2.24) is 0 Å². The molecule has 0 heterocycles. The molecule has 0 N–H and O–H groups in total. The van der Waals surface area contributed by atoms with Crippen LogP contribution in [0.3, 0.4) is 0 Å². The first kappa shape index (κ1) is 15.8. The first-order chi connectivity index (χ1) is 7.10. The fourth-order valence-corrected chi connectivity index (χ4v) is 7.54. The van der Waals surface area contributed by atoms with Gasteiger partial charge in [-0.1, -0.05) is 13.8 Å². The van der Waals surface area contributed by atoms with E-state index < -0.39 is 18.1 Å². The van der Waals surface area contributed by atoms with Gasteiger partial charge in [-0.25, -0.2) is 4.79 Å². The second kappa shape index (κ2) is 5.91. The van der Waals surface area contributed by atoms with Crippen molar-refractivity contribution >= 4 is 24.2 Å². The van der Waals surface area contributed by atoms with Crippen LogP contribution in [0.1, 0.15) is 34.1 Å². The standard InChI is InChI=1S/C11H25NO2Si2/c1-10(2,12-9-13)8-11(3,4)16(7)14-15(5)6/h15-16H,8H2,1-7H3. The monoisotopic (exact) mass is 259 g/mol. The number of rotatable bonds is 6. The van der Waals surface area contributed by atoms with E-state index in [9.17, 15) is 4.79 Å². The predicted octanol–water partition coefficient (Wildman–Crippen LogP) is 2.62. The van der Waals surface area contributed by atoms with Gasteiger partial charge in [0, 0.05) is 0 Å². The van der Waals surface area contributed by atoms with Crippen LogP contribution in [0.5, 0.6) is 0 Å². The summed E-state index contributed by atoms with van der Waals surface area (Å²) in [5.41, 5.74) is -0.325. The number of hydrogen-bond donors (Lipinski definition) is 0. The van der Waals surface area contributed by atoms with E-state index >= 15 is 0 Å². The van der Waals surface area contributed by atoms with Crippen molar-refractivity contribution in [3.63, 3.8) is 0 Å². The summed E-state index contributed by atoms with van der Waals surface area (Å²) in [6, 6.07) is 0. The van der Waals surface area contributed by atoms with Crippen molar-refractivity contribution in [3.05, 3.63) is 0 Å². The maximum Gasteiger partial charge on any atom is 0.235 e. The van der Waals surface area contributed by atoms with Crippen LogP contribution in [0.2, 0.25) is 24.7 Å². The molecule has 16 heavy (non-hydrogen) atoms. The molecule has 0 spiro atoms. The van der Waals surface area contributed by atoms with Gasteiger partial charge in [0.2, 0.25) is 6.08 Å². The molecule has 0 fully saturated rings. The molecule has 1 unspecified atom stereocenters. The Morgan fingerprint density at radius 2 is 1.69 bits per heavy atom. The molecule has 0 amide bonds. The largest absolute Gasteiger partial charge is 0.460 e. The lowest BCUT2D eigenvalue weighted by Gasteiger charge is -2.36. The van der Waals surface area contributed by atoms with Crippen molar-refractivity contribution in [1.29, 1.82) is 0 Å². The minimum atomic E-state index is -1.22. The molecule has 0 aliphatic carbocycles. The summed E-state index contributed by atoms with van der Waals surface area (Å²) >= 11 is 0. The summed E-state index contributed by atoms with van der Waals surface area (Å²) in [6.07, 6.45) is 2.55. The van der Waals surface area contributed by atoms with Gasteiger partial charge in [0.15, 0.2) is 18.1 Å². The maximum absolute atomic E-state index is 10.3. The zero-order chi connectivity index (χ0) is 13.0. The van der Waals surface area contributed by atoms with Crippen LogP contribution in [0.4, 0.5) is 0 Å². The van der Waals surface area contributed by atoms with Crippen LogP contribution >= 0.6 is 0 Å². The summed E-state index contributed by atoms with van der Waals surface area (Å²) in [5, 5.41) is 0.154. The molecule has 0 aromatic rings. The van der Waals surface area contributed by atoms with Gasteiger partial charge in [-0.2, -0.15) is 4.99 Å². The normalized spacial score (nSPS) is 14.8. The first-order valence-electron chi connectivity index (χ1n) is 5.85. The number of aliphatic imine (C=N–C) groups is 1. The molecule has 0 saturated heterocycles. The number of hydrogen-bond acceptors (Lipinski definition) is 3. The van der Waals surface area contributed by atoms with Crippen LogP contribution in [0, 0.1) is 0 Å². The molecule has 0 aliphatic heterocycles. The third-order valence-corrected chi connectivity index (χ3v) is 9.03. The quantitative estimate of drug-likeness (QED) is 0.418. The van der Waals surface area contributed by atoms with Crippen LogP contribution in [-0.4, -0.2) is 29.7 Å². The number of isocyanates is 1. The number of carbonyl (C=O) groups excluding carboxylic acids is 1. The van der Waals surface area contributed by atoms with Gasteiger partial charge in [-0.05, 0) is 44.9 Å². The Hall–Kier alpha value is -0.226. The van der Waals surface area contributed by atoms with Crippen LogP contribution in [0.25, 0.3) is 0 Å². The Morgan fingerprint density at radius 1 is 1.19 bits per heavy atom. The molecule has 0 radical (unpaired) electrons. The lowest BCUT2D eigenvalue weighted by Crippen LogP contribution is -2.37. The molecule has 1 atom stereocenters. The lowest BCUT2D eigenvalue weighted by molar-refractivity contribution is 0.382. The highest BCUT2D eigenvalue weighted by atomic mass is 28.4. The van der Waals surface area contributed by atoms with Crippen LogP contribution in [-0.2, 0) is 8.91 Å². The van der Waals surface area contributed by atoms with Gasteiger partial charge >= 0.3 is 0 Å². The molecule has 0 aliphatic rings. The Morgan fingerprint density at radius 3 is 2.06 bits per heavy atom. The highest BCUT2D eigenvalue weighted by Crippen LogP contribution is 2.39. The van der Waals surface area contributed by atoms with Gasteiger partial charge in [0.25, 0.3) is 0 Å². The molecule has 0 aromatic heterocycles. The maximum atomic E-state index is 10.3. The van der Waals surface area contributed by atoms with E-state index in [4.69, 9.17) is 4.12 Å². The fraction of sp³-hybridized carbons (Fsp3) is 0.909. The SMILES string of the molecule is C[SiH](C)O[SiH](C)C(C)(C)CC(C)(C)N=C=O. The molecular formula is C11H25NO2Si2. The average molecular weight is 259 g/mol. The van der Waals surface area contributed by atoms with Gasteiger partial charge in [0.05, 0.1) is 5.54 Å². The molecule has 0 bridgehead atoms. The second-order valence-corrected chi connectivity index (χ2v) is 12.0. The van der Waals surface area contributed by atoms with Crippen molar-refractivity contribution in [2.45, 2.75) is 64.3 Å². The smallest absolute Gasteiger partial charge is 0.235 e. The zero-order valence-corrected chi connectivity index (χ0v) is 13.9. The van der Waals surface area contributed by atoms with Crippen molar-refractivity contribution in [2.24, 2.45) is 4.99 Å². The van der Waals surface area contributed by atoms with Gasteiger partial charge in [0.1, 0.15) is 0 Å². The fourth-order valence-electron chi connectivity index (χ4n) is 2.01. The van der Waals surface area contributed by atoms with Crippen LogP contribution < -0.4 is 0 Å². The molecule has 0 rings (SSSR count). The summed E-state index contributed by atoms with van der Waals surface area (Å²) in [5.74, 6) is 0.